The summed E-state index contributed by atoms with van der Waals surface area (Å²) >= 11 is 0. The number of imidazole rings is 1. The SMILES string of the molecule is CC(C=CC1=C(C)CCCC1(C)C)=Cc1cnc(C(=O)OC(C)C)[nH]1. The highest BCUT2D eigenvalue weighted by atomic mass is 16.5. The van der Waals surface area contributed by atoms with Crippen molar-refractivity contribution in [1.29, 1.82) is 0 Å². The van der Waals surface area contributed by atoms with Gasteiger partial charge in [0, 0.05) is 0 Å². The van der Waals surface area contributed by atoms with Crippen LogP contribution in [0.4, 0.5) is 0 Å². The van der Waals surface area contributed by atoms with E-state index in [9.17, 15) is 4.79 Å². The highest BCUT2D eigenvalue weighted by Gasteiger charge is 2.26. The first-order chi connectivity index (χ1) is 11.7. The molecule has 1 aromatic rings. The highest BCUT2D eigenvalue weighted by Crippen LogP contribution is 2.40. The monoisotopic (exact) mass is 342 g/mol. The number of carbonyl (C=O) groups excluding carboxylic acids is 1. The van der Waals surface area contributed by atoms with Crippen molar-refractivity contribution in [3.8, 4) is 0 Å². The Bertz CT molecular complexity index is 718. The predicted octanol–water partition coefficient (Wildman–Crippen LogP) is 5.46. The Morgan fingerprint density at radius 3 is 2.76 bits per heavy atom. The average Bonchev–Trinajstić information content (AvgIpc) is 2.94. The number of carbonyl (C=O) groups is 1. The summed E-state index contributed by atoms with van der Waals surface area (Å²) in [7, 11) is 0. The number of hydrogen-bond donors (Lipinski definition) is 1. The van der Waals surface area contributed by atoms with E-state index in [1.807, 2.05) is 19.9 Å². The summed E-state index contributed by atoms with van der Waals surface area (Å²) in [6, 6.07) is 0. The van der Waals surface area contributed by atoms with E-state index in [4.69, 9.17) is 4.74 Å². The van der Waals surface area contributed by atoms with Gasteiger partial charge in [0.2, 0.25) is 5.82 Å². The van der Waals surface area contributed by atoms with Crippen LogP contribution >= 0.6 is 0 Å². The van der Waals surface area contributed by atoms with Gasteiger partial charge in [-0.05, 0) is 69.6 Å². The fourth-order valence-electron chi connectivity index (χ4n) is 3.30. The van der Waals surface area contributed by atoms with E-state index in [-0.39, 0.29) is 17.3 Å². The third-order valence-electron chi connectivity index (χ3n) is 4.57. The lowest BCUT2D eigenvalue weighted by Crippen LogP contribution is -2.19. The number of H-pyrrole nitrogens is 1. The summed E-state index contributed by atoms with van der Waals surface area (Å²) in [6.45, 7) is 12.6. The molecular weight excluding hydrogens is 312 g/mol. The second kappa shape index (κ2) is 7.85. The largest absolute Gasteiger partial charge is 0.457 e. The Morgan fingerprint density at radius 2 is 2.12 bits per heavy atom. The quantitative estimate of drug-likeness (QED) is 0.571. The molecule has 0 amide bonds. The van der Waals surface area contributed by atoms with Gasteiger partial charge in [-0.15, -0.1) is 0 Å². The lowest BCUT2D eigenvalue weighted by atomic mass is 9.72. The van der Waals surface area contributed by atoms with Crippen molar-refractivity contribution < 1.29 is 9.53 Å². The third-order valence-corrected chi connectivity index (χ3v) is 4.57. The van der Waals surface area contributed by atoms with Gasteiger partial charge in [0.15, 0.2) is 0 Å². The lowest BCUT2D eigenvalue weighted by Gasteiger charge is -2.32. The van der Waals surface area contributed by atoms with Crippen molar-refractivity contribution in [3.63, 3.8) is 0 Å². The number of hydrogen-bond acceptors (Lipinski definition) is 3. The molecule has 0 radical (unpaired) electrons. The summed E-state index contributed by atoms with van der Waals surface area (Å²) in [5.74, 6) is -0.184. The first-order valence-corrected chi connectivity index (χ1v) is 9.01. The first-order valence-electron chi connectivity index (χ1n) is 9.01. The Labute approximate surface area is 151 Å². The van der Waals surface area contributed by atoms with Gasteiger partial charge in [-0.1, -0.05) is 31.6 Å². The molecule has 0 atom stereocenters. The molecule has 0 saturated heterocycles. The Kier molecular flexibility index (Phi) is 6.04. The van der Waals surface area contributed by atoms with Crippen LogP contribution in [0.15, 0.2) is 35.1 Å². The van der Waals surface area contributed by atoms with E-state index in [2.05, 4.69) is 49.8 Å². The molecule has 1 aliphatic carbocycles. The van der Waals surface area contributed by atoms with Crippen LogP contribution in [0, 0.1) is 5.41 Å². The van der Waals surface area contributed by atoms with Gasteiger partial charge >= 0.3 is 5.97 Å². The van der Waals surface area contributed by atoms with Crippen LogP contribution in [0.25, 0.3) is 6.08 Å². The molecule has 0 bridgehead atoms. The van der Waals surface area contributed by atoms with E-state index in [0.717, 1.165) is 11.3 Å². The molecule has 2 rings (SSSR count). The van der Waals surface area contributed by atoms with Crippen molar-refractivity contribution in [2.24, 2.45) is 5.41 Å². The minimum Gasteiger partial charge on any atom is -0.457 e. The van der Waals surface area contributed by atoms with Gasteiger partial charge in [0.1, 0.15) is 0 Å². The topological polar surface area (TPSA) is 55.0 Å². The van der Waals surface area contributed by atoms with Crippen molar-refractivity contribution in [1.82, 2.24) is 9.97 Å². The van der Waals surface area contributed by atoms with E-state index in [1.165, 1.54) is 30.4 Å². The molecular formula is C21H30N2O2. The minimum atomic E-state index is -0.424. The molecule has 136 valence electrons. The summed E-state index contributed by atoms with van der Waals surface area (Å²) < 4.78 is 5.14. The standard InChI is InChI=1S/C21H30N2O2/c1-14(2)25-20(24)19-22-13-17(23-19)12-15(3)9-10-18-16(4)8-7-11-21(18,5)6/h9-10,12-14H,7-8,11H2,1-6H3,(H,22,23). The molecule has 4 nitrogen and oxygen atoms in total. The second-order valence-corrected chi connectivity index (χ2v) is 7.79. The lowest BCUT2D eigenvalue weighted by molar-refractivity contribution is 0.0364. The van der Waals surface area contributed by atoms with E-state index in [0.29, 0.717) is 0 Å². The number of nitrogens with one attached hydrogen (secondary N) is 1. The number of rotatable bonds is 5. The molecule has 4 heteroatoms. The maximum absolute atomic E-state index is 11.8. The summed E-state index contributed by atoms with van der Waals surface area (Å²) in [5, 5.41) is 0. The highest BCUT2D eigenvalue weighted by molar-refractivity contribution is 5.85. The maximum atomic E-state index is 11.8. The molecule has 0 fully saturated rings. The third kappa shape index (κ3) is 5.18. The van der Waals surface area contributed by atoms with Crippen LogP contribution < -0.4 is 0 Å². The molecule has 0 spiro atoms. The molecule has 0 aromatic carbocycles. The van der Waals surface area contributed by atoms with Crippen molar-refractivity contribution in [2.75, 3.05) is 0 Å². The first kappa shape index (κ1) is 19.2. The van der Waals surface area contributed by atoms with Gasteiger partial charge < -0.3 is 9.72 Å². The van der Waals surface area contributed by atoms with Gasteiger partial charge in [0.25, 0.3) is 0 Å². The van der Waals surface area contributed by atoms with Crippen LogP contribution in [-0.4, -0.2) is 22.0 Å². The minimum absolute atomic E-state index is 0.156. The predicted molar refractivity (Wildman–Crippen MR) is 102 cm³/mol. The van der Waals surface area contributed by atoms with Crippen molar-refractivity contribution >= 4 is 12.0 Å². The molecule has 0 aliphatic heterocycles. The van der Waals surface area contributed by atoms with Crippen LogP contribution in [0.1, 0.15) is 77.1 Å². The molecule has 1 aliphatic rings. The molecule has 1 aromatic heterocycles. The van der Waals surface area contributed by atoms with Gasteiger partial charge in [-0.3, -0.25) is 0 Å². The Morgan fingerprint density at radius 1 is 1.40 bits per heavy atom. The smallest absolute Gasteiger partial charge is 0.374 e. The van der Waals surface area contributed by atoms with Gasteiger partial charge in [-0.2, -0.15) is 0 Å². The average molecular weight is 342 g/mol. The van der Waals surface area contributed by atoms with Gasteiger partial charge in [0.05, 0.1) is 18.0 Å². The number of ether oxygens (including phenoxy) is 1. The number of esters is 1. The summed E-state index contributed by atoms with van der Waals surface area (Å²) in [4.78, 5) is 18.9. The number of nitrogens with zero attached hydrogens (tertiary/aromatic N) is 1. The summed E-state index contributed by atoms with van der Waals surface area (Å²) in [5.41, 5.74) is 5.07. The summed E-state index contributed by atoms with van der Waals surface area (Å²) in [6.07, 6.45) is 11.6. The number of aromatic nitrogens is 2. The fourth-order valence-corrected chi connectivity index (χ4v) is 3.30. The molecule has 0 saturated carbocycles. The van der Waals surface area contributed by atoms with E-state index < -0.39 is 5.97 Å². The normalized spacial score (nSPS) is 18.3. The number of aromatic amines is 1. The molecule has 0 unspecified atom stereocenters. The van der Waals surface area contributed by atoms with Crippen LogP contribution in [0.5, 0.6) is 0 Å². The number of allylic oxidation sites excluding steroid dienone is 5. The van der Waals surface area contributed by atoms with Crippen molar-refractivity contribution in [2.45, 2.75) is 66.9 Å². The van der Waals surface area contributed by atoms with E-state index >= 15 is 0 Å². The maximum Gasteiger partial charge on any atom is 0.374 e. The molecule has 1 heterocycles. The fraction of sp³-hybridized carbons (Fsp3) is 0.524. The van der Waals surface area contributed by atoms with E-state index in [1.54, 1.807) is 6.20 Å². The Balaban J connectivity index is 2.12. The Hall–Kier alpha value is -2.10. The van der Waals surface area contributed by atoms with Crippen molar-refractivity contribution in [3.05, 3.63) is 46.6 Å². The zero-order valence-electron chi connectivity index (χ0n) is 16.3. The van der Waals surface area contributed by atoms with Crippen LogP contribution in [0.2, 0.25) is 0 Å². The zero-order valence-corrected chi connectivity index (χ0v) is 16.3. The molecule has 1 N–H and O–H groups in total. The second-order valence-electron chi connectivity index (χ2n) is 7.79. The van der Waals surface area contributed by atoms with Crippen LogP contribution in [0.3, 0.4) is 0 Å². The zero-order chi connectivity index (χ0) is 18.6. The van der Waals surface area contributed by atoms with Crippen LogP contribution in [-0.2, 0) is 4.74 Å². The molecule has 25 heavy (non-hydrogen) atoms. The van der Waals surface area contributed by atoms with Gasteiger partial charge in [-0.25, -0.2) is 9.78 Å².